The second-order valence-corrected chi connectivity index (χ2v) is 12.0. The number of hydrogen-bond donors (Lipinski definition) is 2. The molecule has 4 atom stereocenters. The van der Waals surface area contributed by atoms with Crippen LogP contribution < -0.4 is 10.2 Å². The number of nitrogens with zero attached hydrogens (tertiary/aromatic N) is 2. The number of halogens is 3. The van der Waals surface area contributed by atoms with Gasteiger partial charge in [0.25, 0.3) is 0 Å². The van der Waals surface area contributed by atoms with E-state index in [0.717, 1.165) is 19.3 Å². The van der Waals surface area contributed by atoms with Crippen molar-refractivity contribution in [2.75, 3.05) is 23.3 Å². The van der Waals surface area contributed by atoms with Gasteiger partial charge in [-0.15, -0.1) is 0 Å². The maximum Gasteiger partial charge on any atom is 0.335 e. The fourth-order valence-electron chi connectivity index (χ4n) is 6.95. The first-order valence-electron chi connectivity index (χ1n) is 13.5. The molecule has 2 N–H and O–H groups in total. The van der Waals surface area contributed by atoms with E-state index in [1.54, 1.807) is 35.2 Å². The molecule has 6 rings (SSSR count). The van der Waals surface area contributed by atoms with Gasteiger partial charge in [0.2, 0.25) is 11.8 Å². The van der Waals surface area contributed by atoms with Crippen molar-refractivity contribution < 1.29 is 23.9 Å². The number of carboxylic acid groups (broad SMARTS) is 1. The van der Waals surface area contributed by atoms with Gasteiger partial charge in [0, 0.05) is 46.1 Å². The van der Waals surface area contributed by atoms with Crippen molar-refractivity contribution in [1.29, 1.82) is 0 Å². The molecular weight excluding hydrogens is 568 g/mol. The van der Waals surface area contributed by atoms with Gasteiger partial charge in [-0.2, -0.15) is 0 Å². The predicted octanol–water partition coefficient (Wildman–Crippen LogP) is 6.11. The normalized spacial score (nSPS) is 27.8. The minimum atomic E-state index is -1.45. The molecule has 41 heavy (non-hydrogen) atoms. The maximum absolute atomic E-state index is 16.6. The highest BCUT2D eigenvalue weighted by Gasteiger charge is 2.71. The van der Waals surface area contributed by atoms with Crippen LogP contribution in [0.15, 0.2) is 78.1 Å². The van der Waals surface area contributed by atoms with Gasteiger partial charge >= 0.3 is 5.97 Å². The van der Waals surface area contributed by atoms with Crippen LogP contribution in [0, 0.1) is 17.8 Å². The SMILES string of the molecule is C=C(Cl)/C=C\C=C(/F)[C@@H]1[C@H]2C(=O)N(c3ccc(C(=O)O)cc3)C[C@H]2N(CC2CCC2)[C@]12C(=O)Nc1cc(Cl)ccc12. The summed E-state index contributed by atoms with van der Waals surface area (Å²) in [4.78, 5) is 43.4. The number of aromatic carboxylic acids is 1. The summed E-state index contributed by atoms with van der Waals surface area (Å²) in [6.45, 7) is 4.37. The zero-order chi connectivity index (χ0) is 29.1. The molecule has 2 amide bonds. The molecule has 2 aromatic carbocycles. The van der Waals surface area contributed by atoms with E-state index in [0.29, 0.717) is 34.4 Å². The molecule has 3 heterocycles. The number of carboxylic acids is 1. The summed E-state index contributed by atoms with van der Waals surface area (Å²) >= 11 is 12.1. The van der Waals surface area contributed by atoms with Crippen LogP contribution in [0.1, 0.15) is 35.2 Å². The number of likely N-dealkylation sites (tertiary alicyclic amines) is 1. The third kappa shape index (κ3) is 4.40. The Bertz CT molecular complexity index is 1520. The monoisotopic (exact) mass is 595 g/mol. The Balaban J connectivity index is 1.50. The van der Waals surface area contributed by atoms with Crippen molar-refractivity contribution in [1.82, 2.24) is 4.90 Å². The zero-order valence-electron chi connectivity index (χ0n) is 22.0. The van der Waals surface area contributed by atoms with E-state index in [1.165, 1.54) is 30.4 Å². The molecular formula is C31H28Cl2FN3O4. The number of amides is 2. The smallest absolute Gasteiger partial charge is 0.335 e. The molecule has 0 bridgehead atoms. The number of rotatable bonds is 7. The Morgan fingerprint density at radius 1 is 1.20 bits per heavy atom. The number of benzene rings is 2. The van der Waals surface area contributed by atoms with Crippen LogP contribution in [0.25, 0.3) is 0 Å². The summed E-state index contributed by atoms with van der Waals surface area (Å²) in [7, 11) is 0. The molecule has 3 fully saturated rings. The van der Waals surface area contributed by atoms with Crippen molar-refractivity contribution >= 4 is 52.4 Å². The van der Waals surface area contributed by atoms with E-state index >= 15 is 4.39 Å². The number of allylic oxidation sites excluding steroid dienone is 4. The molecule has 3 aliphatic heterocycles. The van der Waals surface area contributed by atoms with Crippen molar-refractivity contribution in [3.05, 3.63) is 94.3 Å². The number of carbonyl (C=O) groups is 3. The van der Waals surface area contributed by atoms with Crippen LogP contribution in [0.5, 0.6) is 0 Å². The molecule has 1 spiro atoms. The highest BCUT2D eigenvalue weighted by atomic mass is 35.5. The van der Waals surface area contributed by atoms with Crippen LogP contribution in [-0.2, 0) is 15.1 Å². The lowest BCUT2D eigenvalue weighted by Crippen LogP contribution is -2.56. The van der Waals surface area contributed by atoms with Crippen molar-refractivity contribution in [2.45, 2.75) is 30.8 Å². The summed E-state index contributed by atoms with van der Waals surface area (Å²) in [6.07, 6.45) is 7.21. The zero-order valence-corrected chi connectivity index (χ0v) is 23.5. The number of hydrogen-bond acceptors (Lipinski definition) is 4. The molecule has 0 unspecified atom stereocenters. The lowest BCUT2D eigenvalue weighted by molar-refractivity contribution is -0.130. The summed E-state index contributed by atoms with van der Waals surface area (Å²) in [5.74, 6) is -4.05. The highest BCUT2D eigenvalue weighted by Crippen LogP contribution is 2.60. The van der Waals surface area contributed by atoms with Gasteiger partial charge in [-0.25, -0.2) is 9.18 Å². The lowest BCUT2D eigenvalue weighted by Gasteiger charge is -2.43. The third-order valence-electron chi connectivity index (χ3n) is 8.92. The minimum absolute atomic E-state index is 0.101. The molecule has 2 saturated heterocycles. The van der Waals surface area contributed by atoms with Crippen LogP contribution >= 0.6 is 23.2 Å². The summed E-state index contributed by atoms with van der Waals surface area (Å²) in [5.41, 5.74) is 0.286. The van der Waals surface area contributed by atoms with Gasteiger partial charge in [0.1, 0.15) is 11.4 Å². The van der Waals surface area contributed by atoms with E-state index in [4.69, 9.17) is 23.2 Å². The minimum Gasteiger partial charge on any atom is -0.478 e. The van der Waals surface area contributed by atoms with Gasteiger partial charge in [0.15, 0.2) is 0 Å². The second kappa shape index (κ2) is 10.4. The van der Waals surface area contributed by atoms with Crippen LogP contribution in [0.4, 0.5) is 15.8 Å². The summed E-state index contributed by atoms with van der Waals surface area (Å²) in [6, 6.07) is 10.7. The van der Waals surface area contributed by atoms with Crippen LogP contribution in [0.3, 0.4) is 0 Å². The second-order valence-electron chi connectivity index (χ2n) is 11.1. The van der Waals surface area contributed by atoms with E-state index in [9.17, 15) is 19.5 Å². The molecule has 1 aliphatic carbocycles. The van der Waals surface area contributed by atoms with Gasteiger partial charge < -0.3 is 15.3 Å². The fraction of sp³-hybridized carbons (Fsp3) is 0.323. The Labute approximate surface area is 246 Å². The molecule has 7 nitrogen and oxygen atoms in total. The Morgan fingerprint density at radius 2 is 1.93 bits per heavy atom. The standard InChI is InChI=1S/C31H28Cl2FN3O4/c1-17(32)4-2-7-23(34)27-26-25(16-36(28(26)38)21-11-8-19(9-12-21)29(39)40)37(15-18-5-3-6-18)31(27)22-13-10-20(33)14-24(22)35-30(31)41/h2,4,7-14,18,25-27H,1,3,5-6,15-16H2,(H,35,41)(H,39,40)/b4-2-,23-7-/t25-,26+,27-,31+/m1/s1. The van der Waals surface area contributed by atoms with Crippen molar-refractivity contribution in [3.8, 4) is 0 Å². The molecule has 0 aromatic heterocycles. The topological polar surface area (TPSA) is 90.0 Å². The van der Waals surface area contributed by atoms with Crippen LogP contribution in [0.2, 0.25) is 5.02 Å². The lowest BCUT2D eigenvalue weighted by atomic mass is 9.73. The average molecular weight is 596 g/mol. The summed E-state index contributed by atoms with van der Waals surface area (Å²) in [5, 5.41) is 12.9. The average Bonchev–Trinajstić information content (AvgIpc) is 3.48. The quantitative estimate of drug-likeness (QED) is 0.377. The van der Waals surface area contributed by atoms with E-state index < -0.39 is 35.2 Å². The molecule has 0 radical (unpaired) electrons. The Hall–Kier alpha value is -3.46. The number of nitrogens with one attached hydrogen (secondary N) is 1. The van der Waals surface area contributed by atoms with Crippen LogP contribution in [-0.4, -0.2) is 46.9 Å². The molecule has 1 saturated carbocycles. The van der Waals surface area contributed by atoms with Gasteiger partial charge in [-0.1, -0.05) is 48.3 Å². The molecule has 212 valence electrons. The first-order valence-corrected chi connectivity index (χ1v) is 14.3. The molecule has 2 aromatic rings. The molecule has 10 heteroatoms. The van der Waals surface area contributed by atoms with E-state index in [2.05, 4.69) is 16.8 Å². The first kappa shape index (κ1) is 27.7. The van der Waals surface area contributed by atoms with Gasteiger partial charge in [0.05, 0.1) is 17.4 Å². The fourth-order valence-corrected chi connectivity index (χ4v) is 7.19. The Morgan fingerprint density at radius 3 is 2.56 bits per heavy atom. The van der Waals surface area contributed by atoms with Crippen molar-refractivity contribution in [3.63, 3.8) is 0 Å². The molecule has 4 aliphatic rings. The Kier molecular flexibility index (Phi) is 7.04. The highest BCUT2D eigenvalue weighted by molar-refractivity contribution is 6.31. The number of carbonyl (C=O) groups excluding carboxylic acids is 2. The largest absolute Gasteiger partial charge is 0.478 e. The number of anilines is 2. The maximum atomic E-state index is 16.6. The van der Waals surface area contributed by atoms with E-state index in [1.807, 2.05) is 0 Å². The van der Waals surface area contributed by atoms with Crippen molar-refractivity contribution in [2.24, 2.45) is 17.8 Å². The van der Waals surface area contributed by atoms with Gasteiger partial charge in [-0.3, -0.25) is 14.5 Å². The summed E-state index contributed by atoms with van der Waals surface area (Å²) < 4.78 is 16.6. The first-order chi connectivity index (χ1) is 19.6. The third-order valence-corrected chi connectivity index (χ3v) is 9.28. The van der Waals surface area contributed by atoms with E-state index in [-0.39, 0.29) is 29.0 Å². The number of fused-ring (bicyclic) bond motifs is 3. The van der Waals surface area contributed by atoms with Gasteiger partial charge in [-0.05, 0) is 67.3 Å². The predicted molar refractivity (Wildman–Crippen MR) is 156 cm³/mol.